The Kier molecular flexibility index (Phi) is 5.75. The van der Waals surface area contributed by atoms with Crippen molar-refractivity contribution in [3.8, 4) is 11.5 Å². The van der Waals surface area contributed by atoms with Gasteiger partial charge < -0.3 is 19.5 Å². The molecular weight excluding hydrogens is 362 g/mol. The average molecular weight is 381 g/mol. The van der Waals surface area contributed by atoms with Gasteiger partial charge in [0, 0.05) is 5.41 Å². The summed E-state index contributed by atoms with van der Waals surface area (Å²) in [5, 5.41) is 2.86. The summed E-state index contributed by atoms with van der Waals surface area (Å²) in [7, 11) is 3.19. The van der Waals surface area contributed by atoms with Gasteiger partial charge in [-0.25, -0.2) is 4.79 Å². The van der Waals surface area contributed by atoms with Gasteiger partial charge in [-0.3, -0.25) is 0 Å². The Morgan fingerprint density at radius 2 is 1.81 bits per heavy atom. The summed E-state index contributed by atoms with van der Waals surface area (Å²) in [5.74, 6) is 1.33. The van der Waals surface area contributed by atoms with Crippen molar-refractivity contribution in [3.63, 3.8) is 0 Å². The molecule has 0 radical (unpaired) electrons. The van der Waals surface area contributed by atoms with Crippen molar-refractivity contribution in [2.45, 2.75) is 19.9 Å². The second-order valence-electron chi connectivity index (χ2n) is 5.38. The van der Waals surface area contributed by atoms with Gasteiger partial charge in [-0.05, 0) is 33.6 Å². The van der Waals surface area contributed by atoms with Crippen molar-refractivity contribution in [1.29, 1.82) is 0 Å². The Morgan fingerprint density at radius 3 is 2.29 bits per heavy atom. The van der Waals surface area contributed by atoms with Gasteiger partial charge in [-0.15, -0.1) is 12.4 Å². The van der Waals surface area contributed by atoms with Crippen molar-refractivity contribution in [1.82, 2.24) is 5.32 Å². The zero-order valence-electron chi connectivity index (χ0n) is 12.4. The summed E-state index contributed by atoms with van der Waals surface area (Å²) in [6.45, 7) is 4.44. The monoisotopic (exact) mass is 379 g/mol. The van der Waals surface area contributed by atoms with Gasteiger partial charge in [-0.2, -0.15) is 0 Å². The van der Waals surface area contributed by atoms with Crippen molar-refractivity contribution in [2.75, 3.05) is 20.8 Å². The Hall–Kier alpha value is -1.14. The molecule has 1 atom stereocenters. The molecule has 7 heteroatoms. The van der Waals surface area contributed by atoms with E-state index >= 15 is 0 Å². The number of ether oxygens (including phenoxy) is 3. The van der Waals surface area contributed by atoms with E-state index in [0.717, 1.165) is 10.0 Å². The molecule has 1 N–H and O–H groups in total. The summed E-state index contributed by atoms with van der Waals surface area (Å²) < 4.78 is 16.5. The van der Waals surface area contributed by atoms with Crippen LogP contribution in [0.3, 0.4) is 0 Å². The van der Waals surface area contributed by atoms with E-state index in [2.05, 4.69) is 21.2 Å². The Balaban J connectivity index is 0.00000220. The third-order valence-corrected chi connectivity index (χ3v) is 4.20. The van der Waals surface area contributed by atoms with Crippen molar-refractivity contribution < 1.29 is 19.0 Å². The fraction of sp³-hybridized carbons (Fsp3) is 0.500. The van der Waals surface area contributed by atoms with Crippen LogP contribution in [0.5, 0.6) is 11.5 Å². The molecule has 5 nitrogen and oxygen atoms in total. The standard InChI is InChI=1S/C14H18BrNO4.ClH/c1-14(2)7-20-13(17)16-12(14)8-5-9(18-3)11(15)10(6-8)19-4;/h5-6,12H,7H2,1-4H3,(H,16,17);1H/t12-;/m0./s1. The van der Waals surface area contributed by atoms with Crippen LogP contribution in [0.1, 0.15) is 25.5 Å². The molecule has 0 spiro atoms. The molecule has 1 fully saturated rings. The number of cyclic esters (lactones) is 1. The topological polar surface area (TPSA) is 56.8 Å². The molecule has 118 valence electrons. The Morgan fingerprint density at radius 1 is 1.29 bits per heavy atom. The second kappa shape index (κ2) is 6.75. The highest BCUT2D eigenvalue weighted by molar-refractivity contribution is 9.10. The zero-order chi connectivity index (χ0) is 14.9. The Bertz CT molecular complexity index is 511. The molecule has 1 aliphatic rings. The smallest absolute Gasteiger partial charge is 0.407 e. The molecule has 1 aromatic rings. The first-order valence-corrected chi connectivity index (χ1v) is 7.03. The lowest BCUT2D eigenvalue weighted by Crippen LogP contribution is -2.46. The highest BCUT2D eigenvalue weighted by Gasteiger charge is 2.38. The lowest BCUT2D eigenvalue weighted by atomic mass is 9.80. The first-order chi connectivity index (χ1) is 9.39. The van der Waals surface area contributed by atoms with Crippen LogP contribution in [0.4, 0.5) is 4.79 Å². The fourth-order valence-corrected chi connectivity index (χ4v) is 2.83. The fourth-order valence-electron chi connectivity index (χ4n) is 2.28. The lowest BCUT2D eigenvalue weighted by Gasteiger charge is -2.38. The van der Waals surface area contributed by atoms with E-state index in [1.165, 1.54) is 0 Å². The minimum atomic E-state index is -0.407. The number of carbonyl (C=O) groups excluding carboxylic acids is 1. The molecule has 0 aromatic heterocycles. The van der Waals surface area contributed by atoms with E-state index in [-0.39, 0.29) is 23.9 Å². The number of alkyl carbamates (subject to hydrolysis) is 1. The molecular formula is C14H19BrClNO4. The lowest BCUT2D eigenvalue weighted by molar-refractivity contribution is 0.0386. The van der Waals surface area contributed by atoms with Gasteiger partial charge in [0.25, 0.3) is 0 Å². The molecule has 0 aliphatic carbocycles. The summed E-state index contributed by atoms with van der Waals surface area (Å²) in [6.07, 6.45) is -0.407. The SMILES string of the molecule is COc1cc([C@@H]2NC(=O)OCC2(C)C)cc(OC)c1Br.Cl. The maximum absolute atomic E-state index is 11.5. The van der Waals surface area contributed by atoms with Crippen molar-refractivity contribution >= 4 is 34.4 Å². The van der Waals surface area contributed by atoms with Gasteiger partial charge in [0.15, 0.2) is 0 Å². The molecule has 21 heavy (non-hydrogen) atoms. The van der Waals surface area contributed by atoms with E-state index in [1.807, 2.05) is 26.0 Å². The molecule has 1 aliphatic heterocycles. The predicted octanol–water partition coefficient (Wildman–Crippen LogP) is 3.70. The third-order valence-electron chi connectivity index (χ3n) is 3.42. The molecule has 1 saturated heterocycles. The number of amides is 1. The maximum atomic E-state index is 11.5. The van der Waals surface area contributed by atoms with Crippen LogP contribution in [0.15, 0.2) is 16.6 Å². The number of hydrogen-bond acceptors (Lipinski definition) is 4. The summed E-state index contributed by atoms with van der Waals surface area (Å²) in [5.41, 5.74) is 0.696. The maximum Gasteiger partial charge on any atom is 0.407 e. The van der Waals surface area contributed by atoms with E-state index in [0.29, 0.717) is 18.1 Å². The number of hydrogen-bond donors (Lipinski definition) is 1. The number of methoxy groups -OCH3 is 2. The van der Waals surface area contributed by atoms with Crippen LogP contribution < -0.4 is 14.8 Å². The highest BCUT2D eigenvalue weighted by atomic mass is 79.9. The van der Waals surface area contributed by atoms with E-state index < -0.39 is 6.09 Å². The van der Waals surface area contributed by atoms with Gasteiger partial charge in [0.05, 0.1) is 20.3 Å². The third kappa shape index (κ3) is 3.55. The predicted molar refractivity (Wildman–Crippen MR) is 85.5 cm³/mol. The van der Waals surface area contributed by atoms with Crippen LogP contribution in [0, 0.1) is 5.41 Å². The largest absolute Gasteiger partial charge is 0.495 e. The minimum absolute atomic E-state index is 0. The van der Waals surface area contributed by atoms with Crippen LogP contribution in [0.2, 0.25) is 0 Å². The van der Waals surface area contributed by atoms with Crippen LogP contribution in [-0.2, 0) is 4.74 Å². The quantitative estimate of drug-likeness (QED) is 0.869. The summed E-state index contributed by atoms with van der Waals surface area (Å²) in [4.78, 5) is 11.5. The molecule has 0 saturated carbocycles. The van der Waals surface area contributed by atoms with E-state index in [1.54, 1.807) is 14.2 Å². The van der Waals surface area contributed by atoms with Crippen LogP contribution in [-0.4, -0.2) is 26.9 Å². The van der Waals surface area contributed by atoms with E-state index in [9.17, 15) is 4.79 Å². The molecule has 0 unspecified atom stereocenters. The van der Waals surface area contributed by atoms with E-state index in [4.69, 9.17) is 14.2 Å². The number of rotatable bonds is 3. The van der Waals surface area contributed by atoms with Crippen LogP contribution in [0.25, 0.3) is 0 Å². The van der Waals surface area contributed by atoms with Gasteiger partial charge in [0.2, 0.25) is 0 Å². The second-order valence-corrected chi connectivity index (χ2v) is 6.17. The van der Waals surface area contributed by atoms with Crippen molar-refractivity contribution in [3.05, 3.63) is 22.2 Å². The number of halogens is 2. The number of nitrogens with one attached hydrogen (secondary N) is 1. The van der Waals surface area contributed by atoms with Gasteiger partial charge in [-0.1, -0.05) is 13.8 Å². The summed E-state index contributed by atoms with van der Waals surface area (Å²) >= 11 is 3.44. The van der Waals surface area contributed by atoms with Crippen molar-refractivity contribution in [2.24, 2.45) is 5.41 Å². The molecule has 0 bridgehead atoms. The molecule has 1 aromatic carbocycles. The highest BCUT2D eigenvalue weighted by Crippen LogP contribution is 2.42. The number of carbonyl (C=O) groups is 1. The minimum Gasteiger partial charge on any atom is -0.495 e. The zero-order valence-corrected chi connectivity index (χ0v) is 14.8. The molecule has 2 rings (SSSR count). The number of benzene rings is 1. The summed E-state index contributed by atoms with van der Waals surface area (Å²) in [6, 6.07) is 3.62. The van der Waals surface area contributed by atoms with Gasteiger partial charge >= 0.3 is 6.09 Å². The molecule has 1 amide bonds. The Labute approximate surface area is 138 Å². The normalized spacial score (nSPS) is 19.9. The first kappa shape index (κ1) is 17.9. The van der Waals surface area contributed by atoms with Gasteiger partial charge in [0.1, 0.15) is 22.6 Å². The first-order valence-electron chi connectivity index (χ1n) is 6.23. The average Bonchev–Trinajstić information content (AvgIpc) is 2.42. The van der Waals surface area contributed by atoms with Crippen LogP contribution >= 0.6 is 28.3 Å². The molecule has 1 heterocycles.